The van der Waals surface area contributed by atoms with Crippen molar-refractivity contribution in [2.45, 2.75) is 17.7 Å². The van der Waals surface area contributed by atoms with Gasteiger partial charge in [-0.05, 0) is 48.9 Å². The Morgan fingerprint density at radius 1 is 1.22 bits per heavy atom. The Bertz CT molecular complexity index is 807. The number of Topliss-reactive ketones (excluding diaryl/α,β-unsaturated/α-hetero) is 1. The molecule has 3 nitrogen and oxygen atoms in total. The van der Waals surface area contributed by atoms with Gasteiger partial charge in [-0.25, -0.2) is 8.78 Å². The number of nitrogens with one attached hydrogen (secondary N) is 1. The third-order valence-electron chi connectivity index (χ3n) is 3.74. The SMILES string of the molecule is C[C@@H]1C(=O)Nc2ccc(C(=O)CSc3cc(F)ccc3F)cc21. The van der Waals surface area contributed by atoms with Gasteiger partial charge in [0, 0.05) is 16.1 Å². The van der Waals surface area contributed by atoms with Gasteiger partial charge in [-0.15, -0.1) is 11.8 Å². The molecular weight excluding hydrogens is 320 g/mol. The summed E-state index contributed by atoms with van der Waals surface area (Å²) < 4.78 is 26.7. The fourth-order valence-corrected chi connectivity index (χ4v) is 3.26. The summed E-state index contributed by atoms with van der Waals surface area (Å²) in [6.45, 7) is 1.77. The molecule has 1 heterocycles. The molecule has 1 aliphatic rings. The normalized spacial score (nSPS) is 16.1. The molecule has 0 fully saturated rings. The van der Waals surface area contributed by atoms with Crippen LogP contribution in [0.25, 0.3) is 0 Å². The topological polar surface area (TPSA) is 46.2 Å². The standard InChI is InChI=1S/C17H13F2NO2S/c1-9-12-6-10(2-5-14(12)20-17(9)22)15(21)8-23-16-7-11(18)3-4-13(16)19/h2-7,9H,8H2,1H3,(H,20,22)/t9-/m0/s1. The van der Waals surface area contributed by atoms with Crippen LogP contribution >= 0.6 is 11.8 Å². The predicted molar refractivity (Wildman–Crippen MR) is 84.9 cm³/mol. The molecule has 0 spiro atoms. The third-order valence-corrected chi connectivity index (χ3v) is 4.77. The van der Waals surface area contributed by atoms with Crippen LogP contribution in [-0.2, 0) is 4.79 Å². The molecule has 3 rings (SSSR count). The van der Waals surface area contributed by atoms with Crippen molar-refractivity contribution in [3.8, 4) is 0 Å². The number of thioether (sulfide) groups is 1. The highest BCUT2D eigenvalue weighted by Gasteiger charge is 2.27. The number of amides is 1. The second-order valence-electron chi connectivity index (χ2n) is 5.30. The van der Waals surface area contributed by atoms with Gasteiger partial charge < -0.3 is 5.32 Å². The largest absolute Gasteiger partial charge is 0.325 e. The van der Waals surface area contributed by atoms with Crippen molar-refractivity contribution in [1.29, 1.82) is 0 Å². The van der Waals surface area contributed by atoms with Crippen molar-refractivity contribution in [3.63, 3.8) is 0 Å². The molecule has 1 aliphatic heterocycles. The lowest BCUT2D eigenvalue weighted by atomic mass is 9.99. The van der Waals surface area contributed by atoms with Crippen LogP contribution in [0.5, 0.6) is 0 Å². The summed E-state index contributed by atoms with van der Waals surface area (Å²) >= 11 is 0.952. The minimum absolute atomic E-state index is 0.00504. The first-order chi connectivity index (χ1) is 11.0. The molecule has 0 aliphatic carbocycles. The lowest BCUT2D eigenvalue weighted by Crippen LogP contribution is -2.08. The molecule has 23 heavy (non-hydrogen) atoms. The summed E-state index contributed by atoms with van der Waals surface area (Å²) in [5, 5.41) is 2.74. The molecule has 2 aromatic carbocycles. The number of benzene rings is 2. The van der Waals surface area contributed by atoms with E-state index < -0.39 is 11.6 Å². The minimum Gasteiger partial charge on any atom is -0.325 e. The van der Waals surface area contributed by atoms with E-state index >= 15 is 0 Å². The van der Waals surface area contributed by atoms with Gasteiger partial charge in [-0.2, -0.15) is 0 Å². The molecule has 0 unspecified atom stereocenters. The van der Waals surface area contributed by atoms with Gasteiger partial charge in [0.05, 0.1) is 11.7 Å². The first-order valence-electron chi connectivity index (χ1n) is 7.01. The van der Waals surface area contributed by atoms with Crippen LogP contribution in [0.15, 0.2) is 41.3 Å². The average Bonchev–Trinajstić information content (AvgIpc) is 2.82. The highest BCUT2D eigenvalue weighted by molar-refractivity contribution is 8.00. The molecule has 2 aromatic rings. The molecule has 1 amide bonds. The molecule has 6 heteroatoms. The number of fused-ring (bicyclic) bond motifs is 1. The number of hydrogen-bond donors (Lipinski definition) is 1. The summed E-state index contributed by atoms with van der Waals surface area (Å²) in [6, 6.07) is 8.15. The molecule has 0 aromatic heterocycles. The maximum absolute atomic E-state index is 13.6. The maximum Gasteiger partial charge on any atom is 0.231 e. The zero-order valence-electron chi connectivity index (χ0n) is 12.2. The Morgan fingerprint density at radius 3 is 2.78 bits per heavy atom. The van der Waals surface area contributed by atoms with Crippen LogP contribution in [0, 0.1) is 11.6 Å². The van der Waals surface area contributed by atoms with Crippen molar-refractivity contribution >= 4 is 29.1 Å². The van der Waals surface area contributed by atoms with E-state index in [-0.39, 0.29) is 28.3 Å². The number of halogens is 2. The van der Waals surface area contributed by atoms with E-state index in [1.165, 1.54) is 0 Å². The Morgan fingerprint density at radius 2 is 2.00 bits per heavy atom. The Labute approximate surface area is 136 Å². The van der Waals surface area contributed by atoms with Crippen molar-refractivity contribution in [2.75, 3.05) is 11.1 Å². The van der Waals surface area contributed by atoms with Crippen LogP contribution in [0.1, 0.15) is 28.8 Å². The second-order valence-corrected chi connectivity index (χ2v) is 6.32. The molecule has 118 valence electrons. The molecule has 0 radical (unpaired) electrons. The highest BCUT2D eigenvalue weighted by atomic mass is 32.2. The predicted octanol–water partition coefficient (Wildman–Crippen LogP) is 4.00. The van der Waals surface area contributed by atoms with E-state index in [9.17, 15) is 18.4 Å². The lowest BCUT2D eigenvalue weighted by Gasteiger charge is -2.06. The van der Waals surface area contributed by atoms with Gasteiger partial charge >= 0.3 is 0 Å². The van der Waals surface area contributed by atoms with Crippen molar-refractivity contribution in [3.05, 3.63) is 59.2 Å². The van der Waals surface area contributed by atoms with Gasteiger partial charge in [0.15, 0.2) is 5.78 Å². The van der Waals surface area contributed by atoms with Gasteiger partial charge in [0.1, 0.15) is 11.6 Å². The van der Waals surface area contributed by atoms with Crippen LogP contribution in [0.3, 0.4) is 0 Å². The fourth-order valence-electron chi connectivity index (χ4n) is 2.40. The molecule has 1 atom stereocenters. The van der Waals surface area contributed by atoms with E-state index in [0.29, 0.717) is 11.3 Å². The van der Waals surface area contributed by atoms with E-state index in [1.807, 2.05) is 0 Å². The number of rotatable bonds is 4. The number of hydrogen-bond acceptors (Lipinski definition) is 3. The van der Waals surface area contributed by atoms with Gasteiger partial charge in [0.2, 0.25) is 5.91 Å². The Balaban J connectivity index is 1.75. The summed E-state index contributed by atoms with van der Waals surface area (Å²) in [7, 11) is 0. The van der Waals surface area contributed by atoms with Crippen LogP contribution in [0.4, 0.5) is 14.5 Å². The fraction of sp³-hybridized carbons (Fsp3) is 0.176. The Kier molecular flexibility index (Phi) is 4.17. The molecule has 0 saturated carbocycles. The summed E-state index contributed by atoms with van der Waals surface area (Å²) in [6.07, 6.45) is 0. The second kappa shape index (κ2) is 6.12. The molecular formula is C17H13F2NO2S. The van der Waals surface area contributed by atoms with Crippen LogP contribution in [-0.4, -0.2) is 17.4 Å². The minimum atomic E-state index is -0.554. The molecule has 0 saturated heterocycles. The average molecular weight is 333 g/mol. The lowest BCUT2D eigenvalue weighted by molar-refractivity contribution is -0.116. The van der Waals surface area contributed by atoms with E-state index in [4.69, 9.17) is 0 Å². The third kappa shape index (κ3) is 3.12. The quantitative estimate of drug-likeness (QED) is 0.680. The number of carbonyl (C=O) groups excluding carboxylic acids is 2. The van der Waals surface area contributed by atoms with Crippen molar-refractivity contribution in [2.24, 2.45) is 0 Å². The zero-order chi connectivity index (χ0) is 16.6. The van der Waals surface area contributed by atoms with Crippen LogP contribution < -0.4 is 5.32 Å². The molecule has 0 bridgehead atoms. The van der Waals surface area contributed by atoms with Gasteiger partial charge in [-0.1, -0.05) is 0 Å². The van der Waals surface area contributed by atoms with Crippen molar-refractivity contribution < 1.29 is 18.4 Å². The van der Waals surface area contributed by atoms with E-state index in [2.05, 4.69) is 5.32 Å². The van der Waals surface area contributed by atoms with Gasteiger partial charge in [0.25, 0.3) is 0 Å². The monoisotopic (exact) mass is 333 g/mol. The number of carbonyl (C=O) groups is 2. The van der Waals surface area contributed by atoms with Crippen molar-refractivity contribution in [1.82, 2.24) is 0 Å². The first kappa shape index (κ1) is 15.7. The van der Waals surface area contributed by atoms with E-state index in [0.717, 1.165) is 35.5 Å². The summed E-state index contributed by atoms with van der Waals surface area (Å²) in [5.41, 5.74) is 1.95. The van der Waals surface area contributed by atoms with E-state index in [1.54, 1.807) is 25.1 Å². The Hall–Kier alpha value is -2.21. The van der Waals surface area contributed by atoms with Gasteiger partial charge in [-0.3, -0.25) is 9.59 Å². The first-order valence-corrected chi connectivity index (χ1v) is 8.00. The summed E-state index contributed by atoms with van der Waals surface area (Å²) in [5.74, 6) is -1.70. The number of anilines is 1. The van der Waals surface area contributed by atoms with Crippen LogP contribution in [0.2, 0.25) is 0 Å². The zero-order valence-corrected chi connectivity index (χ0v) is 13.0. The number of ketones is 1. The maximum atomic E-state index is 13.6. The summed E-state index contributed by atoms with van der Waals surface area (Å²) in [4.78, 5) is 24.0. The molecule has 1 N–H and O–H groups in total. The highest BCUT2D eigenvalue weighted by Crippen LogP contribution is 2.33. The smallest absolute Gasteiger partial charge is 0.231 e.